The Bertz CT molecular complexity index is 2920. The van der Waals surface area contributed by atoms with Gasteiger partial charge in [0.15, 0.2) is 0 Å². The van der Waals surface area contributed by atoms with Crippen molar-refractivity contribution in [3.8, 4) is 0 Å². The Morgan fingerprint density at radius 2 is 0.966 bits per heavy atom. The van der Waals surface area contributed by atoms with Gasteiger partial charge in [-0.25, -0.2) is 0 Å². The Kier molecular flexibility index (Phi) is 6.23. The molecule has 6 aliphatic rings. The molecule has 0 amide bonds. The molecule has 0 saturated heterocycles. The molecule has 58 heavy (non-hydrogen) atoms. The molecule has 3 nitrogen and oxygen atoms in total. The van der Waals surface area contributed by atoms with Gasteiger partial charge in [-0.3, -0.25) is 0 Å². The van der Waals surface area contributed by atoms with Gasteiger partial charge in [-0.15, -0.1) is 0 Å². The van der Waals surface area contributed by atoms with Crippen molar-refractivity contribution in [3.05, 3.63) is 191 Å². The topological polar surface area (TPSA) is 9.72 Å². The van der Waals surface area contributed by atoms with Crippen molar-refractivity contribution >= 4 is 62.9 Å². The summed E-state index contributed by atoms with van der Waals surface area (Å²) in [5.41, 5.74) is 21.3. The third-order valence-corrected chi connectivity index (χ3v) is 16.5. The van der Waals surface area contributed by atoms with E-state index in [1.165, 1.54) is 89.6 Å². The van der Waals surface area contributed by atoms with Gasteiger partial charge in [0, 0.05) is 50.6 Å². The van der Waals surface area contributed by atoms with E-state index < -0.39 is 0 Å². The molecule has 0 bridgehead atoms. The lowest BCUT2D eigenvalue weighted by Crippen LogP contribution is -2.64. The van der Waals surface area contributed by atoms with Gasteiger partial charge in [0.1, 0.15) is 0 Å². The van der Waals surface area contributed by atoms with E-state index in [9.17, 15) is 0 Å². The van der Waals surface area contributed by atoms with Crippen LogP contribution in [0, 0.1) is 0 Å². The summed E-state index contributed by atoms with van der Waals surface area (Å²) in [6.45, 7) is 10.3. The van der Waals surface area contributed by atoms with Crippen LogP contribution in [0.4, 0.5) is 39.8 Å². The summed E-state index contributed by atoms with van der Waals surface area (Å²) in [6.07, 6.45) is 4.39. The molecule has 4 heterocycles. The van der Waals surface area contributed by atoms with Gasteiger partial charge in [0.25, 0.3) is 6.71 Å². The zero-order chi connectivity index (χ0) is 38.8. The van der Waals surface area contributed by atoms with Crippen molar-refractivity contribution in [2.75, 3.05) is 14.7 Å². The average molecular weight is 748 g/mol. The number of anilines is 7. The smallest absolute Gasteiger partial charge is 0.252 e. The number of benzene rings is 7. The maximum Gasteiger partial charge on any atom is 0.252 e. The second-order valence-electron chi connectivity index (χ2n) is 18.6. The first-order valence-electron chi connectivity index (χ1n) is 21.4. The fourth-order valence-corrected chi connectivity index (χ4v) is 13.5. The molecule has 0 N–H and O–H groups in total. The van der Waals surface area contributed by atoms with Crippen molar-refractivity contribution in [2.45, 2.75) is 75.3 Å². The van der Waals surface area contributed by atoms with E-state index in [4.69, 9.17) is 0 Å². The highest BCUT2D eigenvalue weighted by Gasteiger charge is 2.64. The van der Waals surface area contributed by atoms with Crippen molar-refractivity contribution in [3.63, 3.8) is 0 Å². The van der Waals surface area contributed by atoms with E-state index in [-0.39, 0.29) is 28.6 Å². The van der Waals surface area contributed by atoms with E-state index in [0.717, 1.165) is 25.7 Å². The van der Waals surface area contributed by atoms with Gasteiger partial charge in [0.2, 0.25) is 0 Å². The second kappa shape index (κ2) is 10.9. The van der Waals surface area contributed by atoms with Crippen LogP contribution in [0.25, 0.3) is 0 Å². The number of rotatable bonds is 2. The Labute approximate surface area is 342 Å². The highest BCUT2D eigenvalue weighted by molar-refractivity contribution is 7.00. The van der Waals surface area contributed by atoms with E-state index >= 15 is 0 Å². The summed E-state index contributed by atoms with van der Waals surface area (Å²) in [7, 11) is 0. The monoisotopic (exact) mass is 747 g/mol. The minimum absolute atomic E-state index is 0.0837. The van der Waals surface area contributed by atoms with Crippen LogP contribution in [-0.4, -0.2) is 6.71 Å². The molecule has 0 fully saturated rings. The minimum Gasteiger partial charge on any atom is -0.331 e. The molecule has 2 aliphatic carbocycles. The van der Waals surface area contributed by atoms with Gasteiger partial charge in [-0.1, -0.05) is 135 Å². The Hall–Kier alpha value is -6.00. The zero-order valence-corrected chi connectivity index (χ0v) is 33.8. The predicted molar refractivity (Wildman–Crippen MR) is 242 cm³/mol. The molecule has 4 unspecified atom stereocenters. The Balaban J connectivity index is 1.18. The summed E-state index contributed by atoms with van der Waals surface area (Å²) >= 11 is 0. The van der Waals surface area contributed by atoms with Crippen LogP contribution >= 0.6 is 0 Å². The largest absolute Gasteiger partial charge is 0.331 e. The highest BCUT2D eigenvalue weighted by atomic mass is 15.3. The minimum atomic E-state index is -0.311. The standard InChI is InChI=1S/C54H46BN3/c1-51-31-29-35-17-8-10-21-39(35)53(51,3)57(45-27-14-12-23-41(45)51)38-33-47-49-48(34-38)58-50-42(52(2)32-30-36-18-9-11-22-40(36)54(52,58)4)24-16-26-44(50)55(49)43-25-13-15-28-46(43)56(47)37-19-6-5-7-20-37/h5-28,33-34H,29-32H2,1-4H3. The fraction of sp³-hybridized carbons (Fsp3) is 0.222. The third kappa shape index (κ3) is 3.63. The molecule has 0 spiro atoms. The molecular weight excluding hydrogens is 701 g/mol. The SMILES string of the molecule is CC12CCc3ccccc3C1(C)N(c1cc3c4c(c1)N1c5c(cccc5C5(C)CCc6ccccc6C15C)B4c1ccccc1N3c1ccccc1)c1ccccc12. The number of para-hydroxylation sites is 4. The van der Waals surface area contributed by atoms with Crippen molar-refractivity contribution < 1.29 is 0 Å². The molecule has 280 valence electrons. The quantitative estimate of drug-likeness (QED) is 0.163. The summed E-state index contributed by atoms with van der Waals surface area (Å²) in [5.74, 6) is 0. The number of aryl methyl sites for hydroxylation is 2. The van der Waals surface area contributed by atoms with Crippen LogP contribution in [0.5, 0.6) is 0 Å². The molecule has 4 atom stereocenters. The molecule has 0 radical (unpaired) electrons. The van der Waals surface area contributed by atoms with Crippen LogP contribution in [0.15, 0.2) is 158 Å². The normalized spacial score (nSPS) is 26.1. The van der Waals surface area contributed by atoms with Crippen LogP contribution in [0.2, 0.25) is 0 Å². The number of hydrogen-bond acceptors (Lipinski definition) is 3. The van der Waals surface area contributed by atoms with E-state index in [2.05, 4.69) is 200 Å². The first-order chi connectivity index (χ1) is 28.3. The fourth-order valence-electron chi connectivity index (χ4n) is 13.5. The van der Waals surface area contributed by atoms with Gasteiger partial charge >= 0.3 is 0 Å². The lowest BCUT2D eigenvalue weighted by molar-refractivity contribution is 0.244. The number of hydrogen-bond donors (Lipinski definition) is 0. The van der Waals surface area contributed by atoms with E-state index in [1.54, 1.807) is 0 Å². The maximum atomic E-state index is 2.85. The van der Waals surface area contributed by atoms with Crippen molar-refractivity contribution in [1.29, 1.82) is 0 Å². The summed E-state index contributed by atoms with van der Waals surface area (Å²) in [4.78, 5) is 8.20. The molecule has 7 aromatic rings. The molecule has 0 saturated carbocycles. The number of fused-ring (bicyclic) bond motifs is 14. The van der Waals surface area contributed by atoms with E-state index in [0.29, 0.717) is 0 Å². The van der Waals surface area contributed by atoms with E-state index in [1.807, 2.05) is 0 Å². The summed E-state index contributed by atoms with van der Waals surface area (Å²) in [6, 6.07) is 60.8. The maximum absolute atomic E-state index is 2.85. The summed E-state index contributed by atoms with van der Waals surface area (Å²) < 4.78 is 0. The van der Waals surface area contributed by atoms with Gasteiger partial charge in [-0.05, 0) is 126 Å². The first kappa shape index (κ1) is 33.0. The van der Waals surface area contributed by atoms with Crippen molar-refractivity contribution in [2.24, 2.45) is 0 Å². The second-order valence-corrected chi connectivity index (χ2v) is 18.6. The first-order valence-corrected chi connectivity index (χ1v) is 21.4. The Morgan fingerprint density at radius 3 is 1.69 bits per heavy atom. The van der Waals surface area contributed by atoms with Crippen LogP contribution in [0.3, 0.4) is 0 Å². The van der Waals surface area contributed by atoms with Crippen LogP contribution in [0.1, 0.15) is 73.9 Å². The zero-order valence-electron chi connectivity index (χ0n) is 33.8. The lowest BCUT2D eigenvalue weighted by Gasteiger charge is -2.54. The predicted octanol–water partition coefficient (Wildman–Crippen LogP) is 10.8. The number of nitrogens with zero attached hydrogens (tertiary/aromatic N) is 3. The molecular formula is C54H46BN3. The van der Waals surface area contributed by atoms with Crippen LogP contribution in [-0.2, 0) is 34.7 Å². The molecule has 4 heteroatoms. The summed E-state index contributed by atoms with van der Waals surface area (Å²) in [5, 5.41) is 0. The molecule has 0 aromatic heterocycles. The van der Waals surface area contributed by atoms with Crippen LogP contribution < -0.4 is 31.1 Å². The third-order valence-electron chi connectivity index (χ3n) is 16.5. The lowest BCUT2D eigenvalue weighted by atomic mass is 9.33. The van der Waals surface area contributed by atoms with Crippen molar-refractivity contribution in [1.82, 2.24) is 0 Å². The highest BCUT2D eigenvalue weighted by Crippen LogP contribution is 2.67. The Morgan fingerprint density at radius 1 is 0.431 bits per heavy atom. The van der Waals surface area contributed by atoms with Gasteiger partial charge in [0.05, 0.1) is 11.1 Å². The average Bonchev–Trinajstić information content (AvgIpc) is 3.62. The van der Waals surface area contributed by atoms with Gasteiger partial charge < -0.3 is 14.7 Å². The van der Waals surface area contributed by atoms with Gasteiger partial charge in [-0.2, -0.15) is 0 Å². The molecule has 7 aromatic carbocycles. The molecule has 13 rings (SSSR count). The molecule has 4 aliphatic heterocycles.